The fraction of sp³-hybridized carbons (Fsp3) is 0.158. The van der Waals surface area contributed by atoms with Crippen molar-refractivity contribution in [2.75, 3.05) is 7.11 Å². The van der Waals surface area contributed by atoms with Crippen LogP contribution in [0.1, 0.15) is 21.6 Å². The summed E-state index contributed by atoms with van der Waals surface area (Å²) in [5.74, 6) is 0.319. The van der Waals surface area contributed by atoms with E-state index in [0.29, 0.717) is 33.7 Å². The SMILES string of the molecule is COc1cc(C(=O)NCc2cc(F)cc(Br)c2)ccc1OCc1cscn1. The molecule has 3 rings (SSSR count). The molecule has 0 saturated heterocycles. The molecule has 0 aliphatic heterocycles. The van der Waals surface area contributed by atoms with Crippen molar-refractivity contribution in [2.45, 2.75) is 13.2 Å². The van der Waals surface area contributed by atoms with E-state index in [1.165, 1.54) is 30.6 Å². The second-order valence-electron chi connectivity index (χ2n) is 5.59. The fourth-order valence-corrected chi connectivity index (χ4v) is 3.44. The third-order valence-corrected chi connectivity index (χ3v) is 4.75. The van der Waals surface area contributed by atoms with Crippen LogP contribution in [0.4, 0.5) is 4.39 Å². The highest BCUT2D eigenvalue weighted by atomic mass is 79.9. The Morgan fingerprint density at radius 1 is 1.26 bits per heavy atom. The number of carbonyl (C=O) groups excluding carboxylic acids is 1. The minimum absolute atomic E-state index is 0.208. The highest BCUT2D eigenvalue weighted by Gasteiger charge is 2.12. The van der Waals surface area contributed by atoms with Crippen LogP contribution in [0.15, 0.2) is 51.8 Å². The first-order chi connectivity index (χ1) is 13.0. The van der Waals surface area contributed by atoms with E-state index in [0.717, 1.165) is 5.69 Å². The number of rotatable bonds is 7. The van der Waals surface area contributed by atoms with E-state index in [-0.39, 0.29) is 18.3 Å². The van der Waals surface area contributed by atoms with E-state index in [4.69, 9.17) is 9.47 Å². The van der Waals surface area contributed by atoms with Crippen LogP contribution in [0.2, 0.25) is 0 Å². The van der Waals surface area contributed by atoms with Crippen LogP contribution >= 0.6 is 27.3 Å². The molecule has 0 aliphatic carbocycles. The summed E-state index contributed by atoms with van der Waals surface area (Å²) in [4.78, 5) is 16.5. The van der Waals surface area contributed by atoms with Gasteiger partial charge < -0.3 is 14.8 Å². The number of amides is 1. The van der Waals surface area contributed by atoms with Crippen molar-refractivity contribution in [3.63, 3.8) is 0 Å². The normalized spacial score (nSPS) is 10.5. The summed E-state index contributed by atoms with van der Waals surface area (Å²) < 4.78 is 25.1. The first-order valence-electron chi connectivity index (χ1n) is 7.96. The highest BCUT2D eigenvalue weighted by molar-refractivity contribution is 9.10. The molecule has 1 N–H and O–H groups in total. The predicted molar refractivity (Wildman–Crippen MR) is 105 cm³/mol. The van der Waals surface area contributed by atoms with E-state index in [1.54, 1.807) is 29.8 Å². The number of hydrogen-bond donors (Lipinski definition) is 1. The minimum atomic E-state index is -0.364. The molecular weight excluding hydrogens is 435 g/mol. The highest BCUT2D eigenvalue weighted by Crippen LogP contribution is 2.29. The molecule has 1 amide bonds. The van der Waals surface area contributed by atoms with Gasteiger partial charge in [-0.25, -0.2) is 9.37 Å². The van der Waals surface area contributed by atoms with Crippen LogP contribution in [0.5, 0.6) is 11.5 Å². The Morgan fingerprint density at radius 2 is 2.11 bits per heavy atom. The molecule has 0 atom stereocenters. The van der Waals surface area contributed by atoms with Crippen molar-refractivity contribution in [2.24, 2.45) is 0 Å². The molecule has 27 heavy (non-hydrogen) atoms. The Labute approximate surface area is 168 Å². The van der Waals surface area contributed by atoms with Crippen LogP contribution in [0.3, 0.4) is 0 Å². The number of thiazole rings is 1. The molecule has 1 aromatic heterocycles. The topological polar surface area (TPSA) is 60.5 Å². The summed E-state index contributed by atoms with van der Waals surface area (Å²) in [6, 6.07) is 9.42. The molecule has 0 unspecified atom stereocenters. The van der Waals surface area contributed by atoms with Gasteiger partial charge in [0.15, 0.2) is 11.5 Å². The lowest BCUT2D eigenvalue weighted by atomic mass is 10.1. The van der Waals surface area contributed by atoms with Crippen LogP contribution in [-0.4, -0.2) is 18.0 Å². The number of benzene rings is 2. The summed E-state index contributed by atoms with van der Waals surface area (Å²) in [5.41, 5.74) is 3.64. The molecule has 3 aromatic rings. The van der Waals surface area contributed by atoms with Gasteiger partial charge in [-0.1, -0.05) is 15.9 Å². The average molecular weight is 451 g/mol. The number of ether oxygens (including phenoxy) is 2. The zero-order valence-electron chi connectivity index (χ0n) is 14.4. The number of halogens is 2. The van der Waals surface area contributed by atoms with E-state index in [1.807, 2.05) is 5.38 Å². The zero-order valence-corrected chi connectivity index (χ0v) is 16.8. The molecule has 0 fully saturated rings. The number of nitrogens with zero attached hydrogens (tertiary/aromatic N) is 1. The van der Waals surface area contributed by atoms with Gasteiger partial charge in [0.1, 0.15) is 12.4 Å². The zero-order chi connectivity index (χ0) is 19.2. The first kappa shape index (κ1) is 19.3. The van der Waals surface area contributed by atoms with Gasteiger partial charge in [-0.15, -0.1) is 11.3 Å². The number of carbonyl (C=O) groups is 1. The van der Waals surface area contributed by atoms with Crippen molar-refractivity contribution >= 4 is 33.2 Å². The van der Waals surface area contributed by atoms with Gasteiger partial charge in [-0.2, -0.15) is 0 Å². The van der Waals surface area contributed by atoms with Crippen LogP contribution < -0.4 is 14.8 Å². The molecular formula is C19H16BrFN2O3S. The maximum atomic E-state index is 13.4. The third-order valence-electron chi connectivity index (χ3n) is 3.66. The second-order valence-corrected chi connectivity index (χ2v) is 7.23. The van der Waals surface area contributed by atoms with Crippen LogP contribution in [0, 0.1) is 5.82 Å². The lowest BCUT2D eigenvalue weighted by Gasteiger charge is -2.12. The van der Waals surface area contributed by atoms with Gasteiger partial charge in [-0.3, -0.25) is 4.79 Å². The quantitative estimate of drug-likeness (QED) is 0.572. The van der Waals surface area contributed by atoms with E-state index in [9.17, 15) is 9.18 Å². The Balaban J connectivity index is 1.65. The summed E-state index contributed by atoms with van der Waals surface area (Å²) in [7, 11) is 1.51. The first-order valence-corrected chi connectivity index (χ1v) is 9.70. The number of methoxy groups -OCH3 is 1. The molecule has 0 radical (unpaired) electrons. The van der Waals surface area contributed by atoms with Gasteiger partial charge in [-0.05, 0) is 42.0 Å². The van der Waals surface area contributed by atoms with Crippen molar-refractivity contribution in [3.05, 3.63) is 74.4 Å². The van der Waals surface area contributed by atoms with E-state index >= 15 is 0 Å². The lowest BCUT2D eigenvalue weighted by Crippen LogP contribution is -2.22. The fourth-order valence-electron chi connectivity index (χ4n) is 2.39. The summed E-state index contributed by atoms with van der Waals surface area (Å²) in [6.07, 6.45) is 0. The molecule has 5 nitrogen and oxygen atoms in total. The van der Waals surface area contributed by atoms with Gasteiger partial charge >= 0.3 is 0 Å². The smallest absolute Gasteiger partial charge is 0.251 e. The van der Waals surface area contributed by atoms with E-state index < -0.39 is 0 Å². The van der Waals surface area contributed by atoms with Gasteiger partial charge in [0, 0.05) is 22.0 Å². The summed E-state index contributed by atoms with van der Waals surface area (Å²) in [6.45, 7) is 0.527. The molecule has 0 saturated carbocycles. The standard InChI is InChI=1S/C19H16BrFN2O3S/c1-25-18-6-13(2-3-17(18)26-9-16-10-27-11-23-16)19(24)22-8-12-4-14(20)7-15(21)5-12/h2-7,10-11H,8-9H2,1H3,(H,22,24). The van der Waals surface area contributed by atoms with E-state index in [2.05, 4.69) is 26.2 Å². The summed E-state index contributed by atoms with van der Waals surface area (Å²) in [5, 5.41) is 4.67. The lowest BCUT2D eigenvalue weighted by molar-refractivity contribution is 0.0950. The maximum Gasteiger partial charge on any atom is 0.251 e. The van der Waals surface area contributed by atoms with Crippen LogP contribution in [-0.2, 0) is 13.2 Å². The summed E-state index contributed by atoms with van der Waals surface area (Å²) >= 11 is 4.73. The van der Waals surface area contributed by atoms with Crippen LogP contribution in [0.25, 0.3) is 0 Å². The van der Waals surface area contributed by atoms with Gasteiger partial charge in [0.05, 0.1) is 18.3 Å². The van der Waals surface area contributed by atoms with Crippen molar-refractivity contribution < 1.29 is 18.7 Å². The number of nitrogens with one attached hydrogen (secondary N) is 1. The molecule has 0 spiro atoms. The predicted octanol–water partition coefficient (Wildman–Crippen LogP) is 4.56. The monoisotopic (exact) mass is 450 g/mol. The Hall–Kier alpha value is -2.45. The van der Waals surface area contributed by atoms with Crippen molar-refractivity contribution in [1.82, 2.24) is 10.3 Å². The molecule has 8 heteroatoms. The molecule has 140 valence electrons. The van der Waals surface area contributed by atoms with Gasteiger partial charge in [0.25, 0.3) is 5.91 Å². The molecule has 0 bridgehead atoms. The number of hydrogen-bond acceptors (Lipinski definition) is 5. The number of aromatic nitrogens is 1. The second kappa shape index (κ2) is 8.96. The molecule has 2 aromatic carbocycles. The maximum absolute atomic E-state index is 13.4. The minimum Gasteiger partial charge on any atom is -0.493 e. The Bertz CT molecular complexity index is 914. The Morgan fingerprint density at radius 3 is 2.81 bits per heavy atom. The average Bonchev–Trinajstić information content (AvgIpc) is 3.17. The van der Waals surface area contributed by atoms with Crippen molar-refractivity contribution in [1.29, 1.82) is 0 Å². The van der Waals surface area contributed by atoms with Gasteiger partial charge in [0.2, 0.25) is 0 Å². The largest absolute Gasteiger partial charge is 0.493 e. The molecule has 0 aliphatic rings. The third kappa shape index (κ3) is 5.27. The Kier molecular flexibility index (Phi) is 6.41. The van der Waals surface area contributed by atoms with Crippen molar-refractivity contribution in [3.8, 4) is 11.5 Å². The molecule has 1 heterocycles.